The van der Waals surface area contributed by atoms with E-state index in [1.54, 1.807) is 11.4 Å². The lowest BCUT2D eigenvalue weighted by molar-refractivity contribution is -0.156. The molecule has 0 fully saturated rings. The van der Waals surface area contributed by atoms with Crippen molar-refractivity contribution in [2.24, 2.45) is 0 Å². The van der Waals surface area contributed by atoms with Crippen molar-refractivity contribution in [2.75, 3.05) is 13.3 Å². The normalized spacial score (nSPS) is 14.8. The van der Waals surface area contributed by atoms with Gasteiger partial charge in [0.1, 0.15) is 5.01 Å². The summed E-state index contributed by atoms with van der Waals surface area (Å²) in [5, 5.41) is 23.3. The van der Waals surface area contributed by atoms with Crippen molar-refractivity contribution in [1.82, 2.24) is 10.3 Å². The molecule has 0 aliphatic carbocycles. The highest BCUT2D eigenvalue weighted by Crippen LogP contribution is 2.36. The van der Waals surface area contributed by atoms with Gasteiger partial charge in [-0.1, -0.05) is 0 Å². The van der Waals surface area contributed by atoms with E-state index in [9.17, 15) is 14.7 Å². The number of aliphatic hydroxyl groups is 1. The fourth-order valence-corrected chi connectivity index (χ4v) is 2.94. The lowest BCUT2D eigenvalue weighted by atomic mass is 10.1. The molecule has 0 saturated carbocycles. The van der Waals surface area contributed by atoms with E-state index >= 15 is 0 Å². The van der Waals surface area contributed by atoms with Crippen LogP contribution in [0, 0.1) is 0 Å². The Morgan fingerprint density at radius 3 is 2.88 bits per heavy atom. The topological polar surface area (TPSA) is 118 Å². The molecule has 1 aliphatic heterocycles. The fraction of sp³-hybridized carbons (Fsp3) is 0.312. The van der Waals surface area contributed by atoms with E-state index in [0.29, 0.717) is 17.2 Å². The van der Waals surface area contributed by atoms with E-state index in [1.807, 2.05) is 12.1 Å². The molecule has 1 atom stereocenters. The Morgan fingerprint density at radius 1 is 1.36 bits per heavy atom. The molecule has 25 heavy (non-hydrogen) atoms. The quantitative estimate of drug-likeness (QED) is 0.701. The summed E-state index contributed by atoms with van der Waals surface area (Å²) in [5.74, 6) is -0.469. The zero-order valence-electron chi connectivity index (χ0n) is 13.3. The van der Waals surface area contributed by atoms with Gasteiger partial charge in [0.2, 0.25) is 12.7 Å². The molecule has 0 bridgehead atoms. The number of nitrogens with one attached hydrogen (secondary N) is 1. The maximum absolute atomic E-state index is 11.9. The summed E-state index contributed by atoms with van der Waals surface area (Å²) in [6.07, 6.45) is -0.00322. The van der Waals surface area contributed by atoms with E-state index < -0.39 is 17.5 Å². The molecule has 2 heterocycles. The number of carbonyl (C=O) groups excluding carboxylic acids is 1. The second-order valence-corrected chi connectivity index (χ2v) is 6.60. The summed E-state index contributed by atoms with van der Waals surface area (Å²) < 4.78 is 10.6. The molecule has 8 nitrogen and oxygen atoms in total. The summed E-state index contributed by atoms with van der Waals surface area (Å²) >= 11 is 1.39. The van der Waals surface area contributed by atoms with Crippen LogP contribution in [0.3, 0.4) is 0 Å². The van der Waals surface area contributed by atoms with Crippen molar-refractivity contribution >= 4 is 23.2 Å². The number of hydrogen-bond acceptors (Lipinski definition) is 7. The van der Waals surface area contributed by atoms with E-state index in [4.69, 9.17) is 14.6 Å². The summed E-state index contributed by atoms with van der Waals surface area (Å²) in [6, 6.07) is 5.49. The number of rotatable bonds is 6. The number of ether oxygens (including phenoxy) is 2. The van der Waals surface area contributed by atoms with Crippen LogP contribution in [-0.2, 0) is 16.0 Å². The van der Waals surface area contributed by atoms with Gasteiger partial charge in [0.15, 0.2) is 17.1 Å². The number of carbonyl (C=O) groups is 2. The second-order valence-electron chi connectivity index (χ2n) is 5.74. The van der Waals surface area contributed by atoms with Gasteiger partial charge in [-0.15, -0.1) is 11.3 Å². The van der Waals surface area contributed by atoms with Crippen LogP contribution in [0.5, 0.6) is 11.5 Å². The lowest BCUT2D eigenvalue weighted by Gasteiger charge is -2.17. The van der Waals surface area contributed by atoms with Crippen molar-refractivity contribution in [3.8, 4) is 22.1 Å². The molecule has 3 rings (SSSR count). The number of hydrogen-bond donors (Lipinski definition) is 3. The number of aromatic nitrogens is 1. The number of aliphatic carboxylic acids is 1. The highest BCUT2D eigenvalue weighted by molar-refractivity contribution is 7.13. The number of fused-ring (bicyclic) bond motifs is 1. The molecule has 0 saturated heterocycles. The molecule has 3 N–H and O–H groups in total. The Balaban J connectivity index is 1.62. The predicted molar refractivity (Wildman–Crippen MR) is 88.6 cm³/mol. The number of amides is 1. The van der Waals surface area contributed by atoms with Gasteiger partial charge in [-0.2, -0.15) is 0 Å². The van der Waals surface area contributed by atoms with Crippen LogP contribution in [0.2, 0.25) is 0 Å². The van der Waals surface area contributed by atoms with Crippen molar-refractivity contribution in [3.05, 3.63) is 29.3 Å². The number of thiazole rings is 1. The Morgan fingerprint density at radius 2 is 2.12 bits per heavy atom. The van der Waals surface area contributed by atoms with Gasteiger partial charge < -0.3 is 25.0 Å². The highest BCUT2D eigenvalue weighted by Gasteiger charge is 2.30. The average Bonchev–Trinajstić information content (AvgIpc) is 3.21. The first-order valence-corrected chi connectivity index (χ1v) is 8.30. The van der Waals surface area contributed by atoms with Crippen LogP contribution < -0.4 is 14.8 Å². The van der Waals surface area contributed by atoms with Crippen molar-refractivity contribution in [1.29, 1.82) is 0 Å². The minimum absolute atomic E-state index is 0.00322. The van der Waals surface area contributed by atoms with Crippen molar-refractivity contribution in [3.63, 3.8) is 0 Å². The van der Waals surface area contributed by atoms with E-state index in [-0.39, 0.29) is 19.8 Å². The maximum atomic E-state index is 11.9. The number of nitrogens with zero attached hydrogens (tertiary/aromatic N) is 1. The minimum Gasteiger partial charge on any atom is -0.479 e. The molecule has 1 unspecified atom stereocenters. The zero-order valence-corrected chi connectivity index (χ0v) is 14.1. The van der Waals surface area contributed by atoms with E-state index in [0.717, 1.165) is 17.5 Å². The molecule has 1 aromatic carbocycles. The third-order valence-corrected chi connectivity index (χ3v) is 4.54. The highest BCUT2D eigenvalue weighted by atomic mass is 32.1. The summed E-state index contributed by atoms with van der Waals surface area (Å²) in [6.45, 7) is 0.943. The van der Waals surface area contributed by atoms with Crippen LogP contribution in [0.25, 0.3) is 10.6 Å². The first-order valence-electron chi connectivity index (χ1n) is 7.42. The van der Waals surface area contributed by atoms with Crippen LogP contribution in [0.4, 0.5) is 0 Å². The molecular weight excluding hydrogens is 348 g/mol. The van der Waals surface area contributed by atoms with Crippen LogP contribution in [0.1, 0.15) is 12.6 Å². The Labute approximate surface area is 147 Å². The third-order valence-electron chi connectivity index (χ3n) is 3.60. The van der Waals surface area contributed by atoms with Gasteiger partial charge in [0, 0.05) is 10.9 Å². The molecule has 1 amide bonds. The molecule has 132 valence electrons. The van der Waals surface area contributed by atoms with Gasteiger partial charge in [-0.25, -0.2) is 9.78 Å². The fourth-order valence-electron chi connectivity index (χ4n) is 2.12. The SMILES string of the molecule is CC(O)(CNC(=O)Cc1csc(-c2ccc3c(c2)OCO3)n1)C(=O)O. The van der Waals surface area contributed by atoms with Gasteiger partial charge in [0.25, 0.3) is 0 Å². The lowest BCUT2D eigenvalue weighted by Crippen LogP contribution is -2.46. The standard InChI is InChI=1S/C16H16N2O6S/c1-16(22,15(20)21)7-17-13(19)5-10-6-25-14(18-10)9-2-3-11-12(4-9)24-8-23-11/h2-4,6,22H,5,7-8H2,1H3,(H,17,19)(H,20,21). The number of carboxylic acids is 1. The molecule has 9 heteroatoms. The van der Waals surface area contributed by atoms with E-state index in [1.165, 1.54) is 11.3 Å². The van der Waals surface area contributed by atoms with E-state index in [2.05, 4.69) is 10.3 Å². The minimum atomic E-state index is -2.00. The van der Waals surface area contributed by atoms with Crippen LogP contribution in [-0.4, -0.2) is 46.0 Å². The van der Waals surface area contributed by atoms with Gasteiger partial charge in [-0.3, -0.25) is 4.79 Å². The summed E-state index contributed by atoms with van der Waals surface area (Å²) in [4.78, 5) is 27.1. The molecular formula is C16H16N2O6S. The monoisotopic (exact) mass is 364 g/mol. The average molecular weight is 364 g/mol. The number of carboxylic acid groups (broad SMARTS) is 1. The summed E-state index contributed by atoms with van der Waals surface area (Å²) in [7, 11) is 0. The molecule has 0 radical (unpaired) electrons. The van der Waals surface area contributed by atoms with Gasteiger partial charge >= 0.3 is 5.97 Å². The van der Waals surface area contributed by atoms with Crippen molar-refractivity contribution in [2.45, 2.75) is 18.9 Å². The van der Waals surface area contributed by atoms with Gasteiger partial charge in [-0.05, 0) is 25.1 Å². The molecule has 1 aliphatic rings. The number of benzene rings is 1. The Kier molecular flexibility index (Phi) is 4.60. The summed E-state index contributed by atoms with van der Waals surface area (Å²) in [5.41, 5.74) is -0.588. The Bertz CT molecular complexity index is 817. The van der Waals surface area contributed by atoms with Gasteiger partial charge in [0.05, 0.1) is 18.7 Å². The second kappa shape index (κ2) is 6.69. The molecule has 1 aromatic heterocycles. The largest absolute Gasteiger partial charge is 0.479 e. The van der Waals surface area contributed by atoms with Crippen LogP contribution >= 0.6 is 11.3 Å². The Hall–Kier alpha value is -2.65. The molecule has 0 spiro atoms. The smallest absolute Gasteiger partial charge is 0.337 e. The first kappa shape index (κ1) is 17.2. The zero-order chi connectivity index (χ0) is 18.0. The first-order chi connectivity index (χ1) is 11.8. The maximum Gasteiger partial charge on any atom is 0.337 e. The van der Waals surface area contributed by atoms with Crippen molar-refractivity contribution < 1.29 is 29.3 Å². The predicted octanol–water partition coefficient (Wildman–Crippen LogP) is 1.03. The molecule has 2 aromatic rings. The third kappa shape index (κ3) is 3.89. The van der Waals surface area contributed by atoms with Crippen LogP contribution in [0.15, 0.2) is 23.6 Å².